The van der Waals surface area contributed by atoms with E-state index in [1.807, 2.05) is 30.3 Å². The van der Waals surface area contributed by atoms with E-state index in [9.17, 15) is 31.1 Å². The van der Waals surface area contributed by atoms with Gasteiger partial charge in [-0.3, -0.25) is 4.79 Å². The molecule has 0 aromatic heterocycles. The number of carbonyl (C=O) groups is 1. The first-order valence-corrected chi connectivity index (χ1v) is 11.3. The van der Waals surface area contributed by atoms with Crippen LogP contribution < -0.4 is 10.6 Å². The molecule has 0 saturated carbocycles. The third-order valence-electron chi connectivity index (χ3n) is 6.45. The second-order valence-electron chi connectivity index (χ2n) is 8.90. The Morgan fingerprint density at radius 1 is 1.09 bits per heavy atom. The summed E-state index contributed by atoms with van der Waals surface area (Å²) in [5.41, 5.74) is -2.75. The van der Waals surface area contributed by atoms with Crippen molar-refractivity contribution >= 4 is 5.91 Å². The summed E-state index contributed by atoms with van der Waals surface area (Å²) >= 11 is 0. The Bertz CT molecular complexity index is 967. The van der Waals surface area contributed by atoms with Crippen LogP contribution in [0.1, 0.15) is 54.5 Å². The fourth-order valence-corrected chi connectivity index (χ4v) is 4.31. The van der Waals surface area contributed by atoms with Crippen LogP contribution in [0.15, 0.2) is 48.5 Å². The van der Waals surface area contributed by atoms with Crippen molar-refractivity contribution in [2.45, 2.75) is 50.2 Å². The van der Waals surface area contributed by atoms with Crippen molar-refractivity contribution in [1.82, 2.24) is 10.6 Å². The van der Waals surface area contributed by atoms with Crippen LogP contribution in [0, 0.1) is 5.92 Å². The number of rotatable bonds is 7. The van der Waals surface area contributed by atoms with Gasteiger partial charge >= 0.3 is 12.4 Å². The topological polar surface area (TPSA) is 50.4 Å². The predicted octanol–water partition coefficient (Wildman–Crippen LogP) is 5.83. The molecule has 1 aliphatic heterocycles. The van der Waals surface area contributed by atoms with E-state index in [4.69, 9.17) is 4.74 Å². The summed E-state index contributed by atoms with van der Waals surface area (Å²) in [7, 11) is 1.57. The normalized spacial score (nSPS) is 22.0. The number of alkyl halides is 6. The average Bonchev–Trinajstić information content (AvgIpc) is 2.82. The Hall–Kier alpha value is -2.59. The van der Waals surface area contributed by atoms with Gasteiger partial charge in [-0.05, 0) is 61.6 Å². The maximum Gasteiger partial charge on any atom is 0.416 e. The van der Waals surface area contributed by atoms with E-state index in [1.165, 1.54) is 6.92 Å². The highest BCUT2D eigenvalue weighted by Gasteiger charge is 2.39. The Kier molecular flexibility index (Phi) is 8.16. The fourth-order valence-electron chi connectivity index (χ4n) is 4.31. The minimum absolute atomic E-state index is 0.0302. The lowest BCUT2D eigenvalue weighted by molar-refractivity contribution is -0.143. The molecule has 192 valence electrons. The minimum Gasteiger partial charge on any atom is -0.372 e. The van der Waals surface area contributed by atoms with E-state index in [0.29, 0.717) is 37.9 Å². The molecule has 0 bridgehead atoms. The molecule has 1 amide bonds. The van der Waals surface area contributed by atoms with Gasteiger partial charge in [-0.25, -0.2) is 0 Å². The number of carbonyl (C=O) groups excluding carboxylic acids is 1. The van der Waals surface area contributed by atoms with Crippen molar-refractivity contribution in [3.05, 3.63) is 70.8 Å². The highest BCUT2D eigenvalue weighted by Crippen LogP contribution is 2.39. The molecule has 4 nitrogen and oxygen atoms in total. The molecule has 1 fully saturated rings. The molecule has 2 aromatic rings. The zero-order valence-electron chi connectivity index (χ0n) is 19.4. The zero-order valence-corrected chi connectivity index (χ0v) is 19.4. The van der Waals surface area contributed by atoms with Crippen LogP contribution in [-0.2, 0) is 27.4 Å². The van der Waals surface area contributed by atoms with E-state index in [2.05, 4.69) is 10.6 Å². The summed E-state index contributed by atoms with van der Waals surface area (Å²) in [4.78, 5) is 11.8. The van der Waals surface area contributed by atoms with E-state index in [1.54, 1.807) is 7.05 Å². The smallest absolute Gasteiger partial charge is 0.372 e. The van der Waals surface area contributed by atoms with Gasteiger partial charge in [-0.2, -0.15) is 26.3 Å². The van der Waals surface area contributed by atoms with E-state index in [0.717, 1.165) is 5.56 Å². The second kappa shape index (κ2) is 10.6. The average molecular weight is 502 g/mol. The fraction of sp³-hybridized carbons (Fsp3) is 0.480. The molecule has 0 aliphatic carbocycles. The molecule has 1 heterocycles. The highest BCUT2D eigenvalue weighted by molar-refractivity contribution is 5.75. The van der Waals surface area contributed by atoms with E-state index in [-0.39, 0.29) is 30.1 Å². The number of nitrogens with one attached hydrogen (secondary N) is 2. The van der Waals surface area contributed by atoms with Crippen LogP contribution in [0.5, 0.6) is 0 Å². The number of benzene rings is 2. The first kappa shape index (κ1) is 27.0. The third kappa shape index (κ3) is 6.76. The lowest BCUT2D eigenvalue weighted by atomic mass is 9.78. The van der Waals surface area contributed by atoms with Crippen LogP contribution in [0.25, 0.3) is 0 Å². The molecule has 35 heavy (non-hydrogen) atoms. The maximum absolute atomic E-state index is 13.3. The number of halogens is 6. The van der Waals surface area contributed by atoms with Crippen LogP contribution in [-0.4, -0.2) is 26.1 Å². The first-order valence-electron chi connectivity index (χ1n) is 11.3. The molecule has 0 radical (unpaired) electrons. The highest BCUT2D eigenvalue weighted by atomic mass is 19.4. The van der Waals surface area contributed by atoms with E-state index < -0.39 is 35.1 Å². The quantitative estimate of drug-likeness (QED) is 0.469. The third-order valence-corrected chi connectivity index (χ3v) is 6.45. The molecule has 0 unspecified atom stereocenters. The number of piperidine rings is 1. The summed E-state index contributed by atoms with van der Waals surface area (Å²) in [5.74, 6) is 0.0286. The summed E-state index contributed by atoms with van der Waals surface area (Å²) in [6.45, 7) is 1.98. The number of hydrogen-bond donors (Lipinski definition) is 2. The first-order chi connectivity index (χ1) is 16.3. The SMILES string of the molecule is CNC(=O)C[C@H]1CC[C@@](CO[C@H](C)c2cc(C(F)(F)F)cc(C(F)(F)F)c2)(c2ccccc2)NC1. The molecule has 2 N–H and O–H groups in total. The van der Waals surface area contributed by atoms with Crippen molar-refractivity contribution in [1.29, 1.82) is 0 Å². The van der Waals surface area contributed by atoms with Gasteiger partial charge in [0.15, 0.2) is 0 Å². The van der Waals surface area contributed by atoms with Crippen LogP contribution in [0.2, 0.25) is 0 Å². The molecule has 2 aromatic carbocycles. The van der Waals surface area contributed by atoms with Crippen molar-refractivity contribution in [3.8, 4) is 0 Å². The van der Waals surface area contributed by atoms with Gasteiger partial charge in [0.25, 0.3) is 0 Å². The molecule has 0 spiro atoms. The number of amides is 1. The Balaban J connectivity index is 1.83. The molecule has 3 atom stereocenters. The molecule has 1 saturated heterocycles. The van der Waals surface area contributed by atoms with Gasteiger partial charge in [-0.1, -0.05) is 30.3 Å². The van der Waals surface area contributed by atoms with Crippen LogP contribution >= 0.6 is 0 Å². The second-order valence-corrected chi connectivity index (χ2v) is 8.90. The molecular weight excluding hydrogens is 474 g/mol. The minimum atomic E-state index is -4.92. The Morgan fingerprint density at radius 3 is 2.17 bits per heavy atom. The van der Waals surface area contributed by atoms with Crippen LogP contribution in [0.4, 0.5) is 26.3 Å². The lowest BCUT2D eigenvalue weighted by Gasteiger charge is -2.42. The lowest BCUT2D eigenvalue weighted by Crippen LogP contribution is -2.52. The zero-order chi connectivity index (χ0) is 25.9. The Labute approximate surface area is 200 Å². The van der Waals surface area contributed by atoms with Crippen molar-refractivity contribution < 1.29 is 35.9 Å². The van der Waals surface area contributed by atoms with Crippen molar-refractivity contribution in [2.75, 3.05) is 20.2 Å². The van der Waals surface area contributed by atoms with Crippen LogP contribution in [0.3, 0.4) is 0 Å². The van der Waals surface area contributed by atoms with Gasteiger partial charge in [0.05, 0.1) is 29.4 Å². The van der Waals surface area contributed by atoms with Gasteiger partial charge in [0, 0.05) is 13.5 Å². The van der Waals surface area contributed by atoms with Crippen molar-refractivity contribution in [2.24, 2.45) is 5.92 Å². The van der Waals surface area contributed by atoms with Crippen molar-refractivity contribution in [3.63, 3.8) is 0 Å². The number of hydrogen-bond acceptors (Lipinski definition) is 3. The summed E-state index contributed by atoms with van der Waals surface area (Å²) < 4.78 is 85.5. The van der Waals surface area contributed by atoms with Gasteiger partial charge in [-0.15, -0.1) is 0 Å². The van der Waals surface area contributed by atoms with Gasteiger partial charge < -0.3 is 15.4 Å². The number of ether oxygens (including phenoxy) is 1. The van der Waals surface area contributed by atoms with Gasteiger partial charge in [0.2, 0.25) is 5.91 Å². The molecule has 1 aliphatic rings. The molecular formula is C25H28F6N2O2. The summed E-state index contributed by atoms with van der Waals surface area (Å²) in [6, 6.07) is 10.8. The molecule has 10 heteroatoms. The standard InChI is InChI=1S/C25H28F6N2O2/c1-16(18-11-20(24(26,27)28)13-21(12-18)25(29,30)31)35-15-23(19-6-4-3-5-7-19)9-8-17(14-33-23)10-22(34)32-2/h3-7,11-13,16-17,33H,8-10,14-15H2,1-2H3,(H,32,34)/t16-,17-,23-/m1/s1. The summed E-state index contributed by atoms with van der Waals surface area (Å²) in [6.07, 6.45) is -9.23. The summed E-state index contributed by atoms with van der Waals surface area (Å²) in [5, 5.41) is 6.04. The van der Waals surface area contributed by atoms with Gasteiger partial charge in [0.1, 0.15) is 0 Å². The maximum atomic E-state index is 13.3. The Morgan fingerprint density at radius 2 is 1.69 bits per heavy atom. The largest absolute Gasteiger partial charge is 0.416 e. The monoisotopic (exact) mass is 502 g/mol. The van der Waals surface area contributed by atoms with E-state index >= 15 is 0 Å². The predicted molar refractivity (Wildman–Crippen MR) is 118 cm³/mol. The molecule has 3 rings (SSSR count).